The van der Waals surface area contributed by atoms with E-state index in [0.717, 1.165) is 12.5 Å². The van der Waals surface area contributed by atoms with Crippen LogP contribution >= 0.6 is 15.9 Å². The summed E-state index contributed by atoms with van der Waals surface area (Å²) in [4.78, 5) is 1.69. The summed E-state index contributed by atoms with van der Waals surface area (Å²) in [5.41, 5.74) is -0.433. The number of hydrogen-bond donors (Lipinski definition) is 1. The Morgan fingerprint density at radius 2 is 2.11 bits per heavy atom. The van der Waals surface area contributed by atoms with Crippen LogP contribution in [0, 0.1) is 5.92 Å². The van der Waals surface area contributed by atoms with Gasteiger partial charge in [0.15, 0.2) is 0 Å². The summed E-state index contributed by atoms with van der Waals surface area (Å²) in [6, 6.07) is 4.19. The fraction of sp³-hybridized carbons (Fsp3) is 0.500. The van der Waals surface area contributed by atoms with Crippen LogP contribution in [-0.4, -0.2) is 24.8 Å². The number of anilines is 1. The highest BCUT2D eigenvalue weighted by Gasteiger charge is 2.36. The van der Waals surface area contributed by atoms with E-state index >= 15 is 0 Å². The van der Waals surface area contributed by atoms with Crippen molar-refractivity contribution in [2.24, 2.45) is 5.92 Å². The molecular formula is C12H13BrF3NO. The SMILES string of the molecule is OCC1CCN(c2ccc(Br)cc2C(F)(F)F)C1. The maximum absolute atomic E-state index is 13.0. The van der Waals surface area contributed by atoms with Gasteiger partial charge in [0.1, 0.15) is 0 Å². The van der Waals surface area contributed by atoms with Gasteiger partial charge in [-0.3, -0.25) is 0 Å². The van der Waals surface area contributed by atoms with Gasteiger partial charge >= 0.3 is 6.18 Å². The highest BCUT2D eigenvalue weighted by Crippen LogP contribution is 2.39. The molecule has 0 amide bonds. The van der Waals surface area contributed by atoms with E-state index < -0.39 is 11.7 Å². The Kier molecular flexibility index (Phi) is 3.87. The molecule has 1 atom stereocenters. The highest BCUT2D eigenvalue weighted by molar-refractivity contribution is 9.10. The van der Waals surface area contributed by atoms with Crippen LogP contribution in [0.25, 0.3) is 0 Å². The summed E-state index contributed by atoms with van der Waals surface area (Å²) in [5, 5.41) is 9.05. The number of nitrogens with zero attached hydrogens (tertiary/aromatic N) is 1. The molecule has 6 heteroatoms. The summed E-state index contributed by atoms with van der Waals surface area (Å²) in [5.74, 6) is 0.0646. The number of aliphatic hydroxyl groups is 1. The second-order valence-electron chi connectivity index (χ2n) is 4.44. The third kappa shape index (κ3) is 2.80. The Bertz CT molecular complexity index is 436. The van der Waals surface area contributed by atoms with Gasteiger partial charge in [-0.25, -0.2) is 0 Å². The van der Waals surface area contributed by atoms with Crippen LogP contribution in [0.4, 0.5) is 18.9 Å². The molecule has 0 aromatic heterocycles. The van der Waals surface area contributed by atoms with E-state index in [-0.39, 0.29) is 18.2 Å². The van der Waals surface area contributed by atoms with Crippen molar-refractivity contribution in [1.82, 2.24) is 0 Å². The minimum absolute atomic E-state index is 0.0222. The fourth-order valence-electron chi connectivity index (χ4n) is 2.21. The lowest BCUT2D eigenvalue weighted by molar-refractivity contribution is -0.137. The Morgan fingerprint density at radius 1 is 1.39 bits per heavy atom. The molecule has 1 aromatic rings. The average molecular weight is 324 g/mol. The lowest BCUT2D eigenvalue weighted by Crippen LogP contribution is -2.24. The number of benzene rings is 1. The van der Waals surface area contributed by atoms with Crippen molar-refractivity contribution >= 4 is 21.6 Å². The molecule has 1 N–H and O–H groups in total. The Hall–Kier alpha value is -0.750. The zero-order valence-electron chi connectivity index (χ0n) is 9.54. The normalized spacial score (nSPS) is 20.5. The first kappa shape index (κ1) is 13.7. The molecule has 1 aliphatic heterocycles. The first-order valence-electron chi connectivity index (χ1n) is 5.64. The van der Waals surface area contributed by atoms with Crippen LogP contribution in [0.15, 0.2) is 22.7 Å². The van der Waals surface area contributed by atoms with Crippen molar-refractivity contribution in [2.75, 3.05) is 24.6 Å². The quantitative estimate of drug-likeness (QED) is 0.902. The van der Waals surface area contributed by atoms with Gasteiger partial charge in [-0.15, -0.1) is 0 Å². The summed E-state index contributed by atoms with van der Waals surface area (Å²) in [7, 11) is 0. The number of alkyl halides is 3. The summed E-state index contributed by atoms with van der Waals surface area (Å²) in [6.07, 6.45) is -3.64. The van der Waals surface area contributed by atoms with E-state index in [1.165, 1.54) is 6.07 Å². The highest BCUT2D eigenvalue weighted by atomic mass is 79.9. The monoisotopic (exact) mass is 323 g/mol. The number of aliphatic hydroxyl groups excluding tert-OH is 1. The van der Waals surface area contributed by atoms with Crippen LogP contribution in [0.1, 0.15) is 12.0 Å². The molecule has 1 saturated heterocycles. The van der Waals surface area contributed by atoms with E-state index in [4.69, 9.17) is 5.11 Å². The Morgan fingerprint density at radius 3 is 2.67 bits per heavy atom. The smallest absolute Gasteiger partial charge is 0.396 e. The number of halogens is 4. The second-order valence-corrected chi connectivity index (χ2v) is 5.36. The summed E-state index contributed by atoms with van der Waals surface area (Å²) in [6.45, 7) is 1.05. The van der Waals surface area contributed by atoms with Crippen molar-refractivity contribution in [1.29, 1.82) is 0 Å². The molecule has 18 heavy (non-hydrogen) atoms. The summed E-state index contributed by atoms with van der Waals surface area (Å²) < 4.78 is 39.3. The topological polar surface area (TPSA) is 23.5 Å². The van der Waals surface area contributed by atoms with Gasteiger partial charge in [0.25, 0.3) is 0 Å². The molecule has 1 heterocycles. The molecule has 1 aromatic carbocycles. The molecule has 2 rings (SSSR count). The standard InChI is InChI=1S/C12H13BrF3NO/c13-9-1-2-11(10(5-9)12(14,15)16)17-4-3-8(6-17)7-18/h1-2,5,8,18H,3-4,6-7H2. The van der Waals surface area contributed by atoms with Gasteiger partial charge in [0.05, 0.1) is 5.56 Å². The van der Waals surface area contributed by atoms with Crippen molar-refractivity contribution in [3.8, 4) is 0 Å². The predicted molar refractivity (Wildman–Crippen MR) is 66.5 cm³/mol. The van der Waals surface area contributed by atoms with E-state index in [1.54, 1.807) is 11.0 Å². The van der Waals surface area contributed by atoms with E-state index in [2.05, 4.69) is 15.9 Å². The van der Waals surface area contributed by atoms with Gasteiger partial charge < -0.3 is 10.0 Å². The largest absolute Gasteiger partial charge is 0.418 e. The van der Waals surface area contributed by atoms with E-state index in [0.29, 0.717) is 17.6 Å². The van der Waals surface area contributed by atoms with Crippen molar-refractivity contribution < 1.29 is 18.3 Å². The molecule has 0 aliphatic carbocycles. The van der Waals surface area contributed by atoms with Gasteiger partial charge in [-0.1, -0.05) is 15.9 Å². The number of hydrogen-bond acceptors (Lipinski definition) is 2. The fourth-order valence-corrected chi connectivity index (χ4v) is 2.57. The van der Waals surface area contributed by atoms with E-state index in [9.17, 15) is 13.2 Å². The van der Waals surface area contributed by atoms with Gasteiger partial charge in [-0.2, -0.15) is 13.2 Å². The van der Waals surface area contributed by atoms with Crippen molar-refractivity contribution in [3.63, 3.8) is 0 Å². The molecule has 1 unspecified atom stereocenters. The summed E-state index contributed by atoms with van der Waals surface area (Å²) >= 11 is 3.06. The van der Waals surface area contributed by atoms with Crippen LogP contribution in [0.2, 0.25) is 0 Å². The maximum Gasteiger partial charge on any atom is 0.418 e. The molecule has 0 bridgehead atoms. The number of rotatable bonds is 2. The maximum atomic E-state index is 13.0. The Labute approximate surface area is 112 Å². The average Bonchev–Trinajstić information content (AvgIpc) is 2.76. The lowest BCUT2D eigenvalue weighted by Gasteiger charge is -2.23. The third-order valence-electron chi connectivity index (χ3n) is 3.15. The second kappa shape index (κ2) is 5.09. The van der Waals surface area contributed by atoms with Crippen LogP contribution in [0.3, 0.4) is 0 Å². The molecular weight excluding hydrogens is 311 g/mol. The Balaban J connectivity index is 2.33. The van der Waals surface area contributed by atoms with Crippen LogP contribution in [-0.2, 0) is 6.18 Å². The van der Waals surface area contributed by atoms with Crippen molar-refractivity contribution in [2.45, 2.75) is 12.6 Å². The van der Waals surface area contributed by atoms with Crippen LogP contribution in [0.5, 0.6) is 0 Å². The zero-order valence-corrected chi connectivity index (χ0v) is 11.1. The van der Waals surface area contributed by atoms with Gasteiger partial charge in [-0.05, 0) is 24.6 Å². The predicted octanol–water partition coefficient (Wildman–Crippen LogP) is 3.29. The molecule has 1 aliphatic rings. The molecule has 0 spiro atoms. The third-order valence-corrected chi connectivity index (χ3v) is 3.64. The minimum Gasteiger partial charge on any atom is -0.396 e. The molecule has 0 saturated carbocycles. The minimum atomic E-state index is -4.36. The molecule has 2 nitrogen and oxygen atoms in total. The lowest BCUT2D eigenvalue weighted by atomic mass is 10.1. The van der Waals surface area contributed by atoms with Gasteiger partial charge in [0.2, 0.25) is 0 Å². The first-order chi connectivity index (χ1) is 8.41. The van der Waals surface area contributed by atoms with Gasteiger partial charge in [0, 0.05) is 35.8 Å². The van der Waals surface area contributed by atoms with Crippen LogP contribution < -0.4 is 4.90 Å². The zero-order chi connectivity index (χ0) is 13.3. The molecule has 1 fully saturated rings. The first-order valence-corrected chi connectivity index (χ1v) is 6.43. The van der Waals surface area contributed by atoms with Crippen molar-refractivity contribution in [3.05, 3.63) is 28.2 Å². The molecule has 0 radical (unpaired) electrons. The molecule has 100 valence electrons. The van der Waals surface area contributed by atoms with E-state index in [1.807, 2.05) is 0 Å².